The monoisotopic (exact) mass is 292 g/mol. The molecule has 0 aliphatic heterocycles. The van der Waals surface area contributed by atoms with Crippen molar-refractivity contribution in [1.82, 2.24) is 0 Å². The Morgan fingerprint density at radius 3 is 1.12 bits per heavy atom. The van der Waals surface area contributed by atoms with Crippen molar-refractivity contribution < 1.29 is 36.3 Å². The molecule has 0 bridgehead atoms. The molecule has 6 heteroatoms. The largest absolute Gasteiger partial charge is 2.00 e. The number of hydrogen-bond donors (Lipinski definition) is 2. The quantitative estimate of drug-likeness (QED) is 0.361. The Kier molecular flexibility index (Phi) is 53.9. The number of carboxylic acid groups (broad SMARTS) is 2. The van der Waals surface area contributed by atoms with Crippen molar-refractivity contribution in [2.24, 2.45) is 0 Å². The van der Waals surface area contributed by atoms with Gasteiger partial charge in [-0.05, 0) is 0 Å². The van der Waals surface area contributed by atoms with Crippen molar-refractivity contribution in [2.45, 2.75) is 12.8 Å². The second-order valence-corrected chi connectivity index (χ2v) is 1.76. The van der Waals surface area contributed by atoms with E-state index < -0.39 is 11.9 Å². The summed E-state index contributed by atoms with van der Waals surface area (Å²) in [5.41, 5.74) is 0. The number of rotatable bonds is 3. The van der Waals surface area contributed by atoms with E-state index in [-0.39, 0.29) is 39.2 Å². The van der Waals surface area contributed by atoms with Gasteiger partial charge in [-0.3, -0.25) is 9.59 Å². The maximum atomic E-state index is 9.31. The predicted octanol–water partition coefficient (Wildman–Crippen LogP) is 2.00. The van der Waals surface area contributed by atoms with Gasteiger partial charge in [0.25, 0.3) is 11.9 Å². The Balaban J connectivity index is -0.0000000358. The van der Waals surface area contributed by atoms with E-state index in [1.54, 1.807) is 12.2 Å². The van der Waals surface area contributed by atoms with Crippen LogP contribution in [0, 0.1) is 13.8 Å². The van der Waals surface area contributed by atoms with E-state index in [0.717, 1.165) is 0 Å². The fourth-order valence-electron chi connectivity index (χ4n) is 0. The molecule has 16 heavy (non-hydrogen) atoms. The fraction of sp³-hybridized carbons (Fsp3) is 0.200. The van der Waals surface area contributed by atoms with Crippen molar-refractivity contribution >= 4 is 21.8 Å². The van der Waals surface area contributed by atoms with E-state index in [1.165, 1.54) is 0 Å². The van der Waals surface area contributed by atoms with E-state index >= 15 is 0 Å². The molecule has 0 spiro atoms. The molecular weight excluding hydrogens is 274 g/mol. The standard InChI is InChI=1S/C4H6.2C3H5O2.Ni.H3P/c1-3-4-2;2*1-2-3(4)5;;/h3-4H,1-2H2;2*1-2H2,(H,4,5);;1H3/q;2*-1;+2;. The summed E-state index contributed by atoms with van der Waals surface area (Å²) in [6.45, 7) is 12.9. The normalized spacial score (nSPS) is 5.88. The third-order valence-electron chi connectivity index (χ3n) is 0.594. The van der Waals surface area contributed by atoms with E-state index in [1.807, 2.05) is 0 Å². The first-order valence-electron chi connectivity index (χ1n) is 3.71. The van der Waals surface area contributed by atoms with Gasteiger partial charge in [-0.2, -0.15) is 9.90 Å². The van der Waals surface area contributed by atoms with E-state index in [2.05, 4.69) is 27.0 Å². The Morgan fingerprint density at radius 1 is 1.00 bits per heavy atom. The molecule has 2 N–H and O–H groups in total. The zero-order valence-electron chi connectivity index (χ0n) is 9.13. The Hall–Kier alpha value is -0.656. The molecule has 0 aliphatic carbocycles. The van der Waals surface area contributed by atoms with Crippen LogP contribution in [0.5, 0.6) is 0 Å². The zero-order chi connectivity index (χ0) is 12.0. The van der Waals surface area contributed by atoms with Gasteiger partial charge >= 0.3 is 16.5 Å². The van der Waals surface area contributed by atoms with Crippen LogP contribution in [0.3, 0.4) is 0 Å². The van der Waals surface area contributed by atoms with Crippen molar-refractivity contribution in [1.29, 1.82) is 0 Å². The van der Waals surface area contributed by atoms with Crippen LogP contribution in [0.15, 0.2) is 25.3 Å². The number of aliphatic carboxylic acids is 2. The summed E-state index contributed by atoms with van der Waals surface area (Å²) in [5, 5.41) is 15.3. The number of allylic oxidation sites excluding steroid dienone is 2. The topological polar surface area (TPSA) is 74.6 Å². The summed E-state index contributed by atoms with van der Waals surface area (Å²) in [6.07, 6.45) is 3.22. The van der Waals surface area contributed by atoms with Crippen LogP contribution in [0.2, 0.25) is 0 Å². The van der Waals surface area contributed by atoms with Crippen LogP contribution in [-0.2, 0) is 26.1 Å². The van der Waals surface area contributed by atoms with Gasteiger partial charge in [0, 0.05) is 0 Å². The molecule has 0 aromatic carbocycles. The minimum Gasteiger partial charge on any atom is -0.483 e. The van der Waals surface area contributed by atoms with Gasteiger partial charge in [0.2, 0.25) is 0 Å². The van der Waals surface area contributed by atoms with E-state index in [9.17, 15) is 9.59 Å². The van der Waals surface area contributed by atoms with Gasteiger partial charge < -0.3 is 24.1 Å². The van der Waals surface area contributed by atoms with Crippen LogP contribution in [0.4, 0.5) is 0 Å². The fourth-order valence-corrected chi connectivity index (χ4v) is 0. The summed E-state index contributed by atoms with van der Waals surface area (Å²) in [7, 11) is 0. The average molecular weight is 293 g/mol. The SMILES string of the molecule is C=CC=C.P.[CH2-]CC(=O)O.[CH2-]CC(=O)O.[Ni+2]. The van der Waals surface area contributed by atoms with Gasteiger partial charge in [0.1, 0.15) is 0 Å². The zero-order valence-corrected chi connectivity index (χ0v) is 11.5. The third kappa shape index (κ3) is 108. The first kappa shape index (κ1) is 29.5. The first-order chi connectivity index (χ1) is 6.45. The van der Waals surface area contributed by atoms with Crippen LogP contribution in [-0.4, -0.2) is 22.2 Å². The molecule has 0 aliphatic rings. The molecule has 0 aromatic heterocycles. The van der Waals surface area contributed by atoms with Gasteiger partial charge in [-0.1, -0.05) is 38.2 Å². The Labute approximate surface area is 110 Å². The molecule has 0 saturated heterocycles. The third-order valence-corrected chi connectivity index (χ3v) is 0.594. The maximum absolute atomic E-state index is 9.31. The summed E-state index contributed by atoms with van der Waals surface area (Å²) in [4.78, 5) is 18.6. The molecule has 1 atom stereocenters. The molecule has 0 saturated carbocycles. The average Bonchev–Trinajstić information content (AvgIpc) is 2.19. The van der Waals surface area contributed by atoms with Crippen LogP contribution in [0.1, 0.15) is 12.8 Å². The molecule has 0 aromatic rings. The van der Waals surface area contributed by atoms with E-state index in [0.29, 0.717) is 0 Å². The molecule has 0 radical (unpaired) electrons. The molecular formula is C10H19NiO4P. The first-order valence-corrected chi connectivity index (χ1v) is 3.71. The second kappa shape index (κ2) is 29.3. The van der Waals surface area contributed by atoms with Crippen molar-refractivity contribution in [3.8, 4) is 0 Å². The predicted molar refractivity (Wildman–Crippen MR) is 66.7 cm³/mol. The van der Waals surface area contributed by atoms with Gasteiger partial charge in [0.15, 0.2) is 0 Å². The van der Waals surface area contributed by atoms with Gasteiger partial charge in [-0.25, -0.2) is 0 Å². The van der Waals surface area contributed by atoms with E-state index in [4.69, 9.17) is 10.2 Å². The minimum atomic E-state index is -0.856. The molecule has 0 amide bonds. The summed E-state index contributed by atoms with van der Waals surface area (Å²) in [6, 6.07) is 0. The molecule has 0 heterocycles. The van der Waals surface area contributed by atoms with Crippen LogP contribution < -0.4 is 0 Å². The summed E-state index contributed by atoms with van der Waals surface area (Å²) < 4.78 is 0. The molecule has 0 rings (SSSR count). The number of carbonyl (C=O) groups is 2. The summed E-state index contributed by atoms with van der Waals surface area (Å²) in [5.74, 6) is -1.71. The summed E-state index contributed by atoms with van der Waals surface area (Å²) >= 11 is 0. The Bertz CT molecular complexity index is 164. The molecule has 0 fully saturated rings. The number of hydrogen-bond acceptors (Lipinski definition) is 2. The van der Waals surface area contributed by atoms with Crippen LogP contribution in [0.25, 0.3) is 0 Å². The van der Waals surface area contributed by atoms with Gasteiger partial charge in [0.05, 0.1) is 0 Å². The molecule has 1 unspecified atom stereocenters. The van der Waals surface area contributed by atoms with Gasteiger partial charge in [-0.15, -0.1) is 0 Å². The molecule has 98 valence electrons. The smallest absolute Gasteiger partial charge is 0.483 e. The van der Waals surface area contributed by atoms with Crippen molar-refractivity contribution in [3.63, 3.8) is 0 Å². The van der Waals surface area contributed by atoms with Crippen LogP contribution >= 0.6 is 9.90 Å². The maximum Gasteiger partial charge on any atom is 2.00 e. The van der Waals surface area contributed by atoms with Crippen molar-refractivity contribution in [3.05, 3.63) is 39.2 Å². The second-order valence-electron chi connectivity index (χ2n) is 1.76. The molecule has 4 nitrogen and oxygen atoms in total. The minimum absolute atomic E-state index is 0. The Morgan fingerprint density at radius 2 is 1.12 bits per heavy atom. The van der Waals surface area contributed by atoms with Crippen molar-refractivity contribution in [2.75, 3.05) is 0 Å². The number of carboxylic acids is 2.